The number of ether oxygens (including phenoxy) is 1. The molecule has 0 spiro atoms. The van der Waals surface area contributed by atoms with Gasteiger partial charge in [0.2, 0.25) is 5.91 Å². The summed E-state index contributed by atoms with van der Waals surface area (Å²) in [6, 6.07) is 12.1. The number of nitro groups is 1. The van der Waals surface area contributed by atoms with Crippen LogP contribution in [0.1, 0.15) is 10.4 Å². The van der Waals surface area contributed by atoms with Crippen LogP contribution in [0.15, 0.2) is 48.5 Å². The van der Waals surface area contributed by atoms with E-state index in [1.165, 1.54) is 18.2 Å². The number of rotatable bonds is 8. The van der Waals surface area contributed by atoms with E-state index in [0.717, 1.165) is 6.07 Å². The standard InChI is InChI=1S/C17H16ClN3O5/c18-13-4-6-15(7-5-13)26-9-8-19-16(22)11-20-17(23)12-2-1-3-14(10-12)21(24)25/h1-7,10H,8-9,11H2,(H,19,22)(H,20,23). The first-order valence-electron chi connectivity index (χ1n) is 7.63. The number of carbonyl (C=O) groups excluding carboxylic acids is 2. The number of benzene rings is 2. The summed E-state index contributed by atoms with van der Waals surface area (Å²) in [7, 11) is 0. The molecule has 9 heteroatoms. The van der Waals surface area contributed by atoms with Crippen molar-refractivity contribution in [3.8, 4) is 5.75 Å². The second kappa shape index (κ2) is 9.38. The molecule has 0 unspecified atom stereocenters. The maximum absolute atomic E-state index is 11.9. The Morgan fingerprint density at radius 1 is 1.12 bits per heavy atom. The molecule has 0 saturated heterocycles. The van der Waals surface area contributed by atoms with Crippen LogP contribution in [-0.4, -0.2) is 36.4 Å². The number of nitro benzene ring substituents is 1. The number of amides is 2. The highest BCUT2D eigenvalue weighted by molar-refractivity contribution is 6.30. The van der Waals surface area contributed by atoms with E-state index in [1.54, 1.807) is 24.3 Å². The maximum Gasteiger partial charge on any atom is 0.270 e. The van der Waals surface area contributed by atoms with Crippen LogP contribution >= 0.6 is 11.6 Å². The van der Waals surface area contributed by atoms with Gasteiger partial charge in [-0.15, -0.1) is 0 Å². The summed E-state index contributed by atoms with van der Waals surface area (Å²) in [6.07, 6.45) is 0. The molecule has 0 aliphatic rings. The molecule has 0 fully saturated rings. The number of hydrogen-bond acceptors (Lipinski definition) is 5. The first-order chi connectivity index (χ1) is 12.5. The number of halogens is 1. The molecule has 2 aromatic carbocycles. The van der Waals surface area contributed by atoms with Crippen molar-refractivity contribution in [2.24, 2.45) is 0 Å². The SMILES string of the molecule is O=C(CNC(=O)c1cccc([N+](=O)[O-])c1)NCCOc1ccc(Cl)cc1. The molecule has 0 radical (unpaired) electrons. The van der Waals surface area contributed by atoms with Gasteiger partial charge in [-0.05, 0) is 30.3 Å². The summed E-state index contributed by atoms with van der Waals surface area (Å²) < 4.78 is 5.42. The third kappa shape index (κ3) is 6.06. The van der Waals surface area contributed by atoms with Crippen LogP contribution in [0.4, 0.5) is 5.69 Å². The molecule has 0 aliphatic heterocycles. The largest absolute Gasteiger partial charge is 0.492 e. The van der Waals surface area contributed by atoms with E-state index in [9.17, 15) is 19.7 Å². The first kappa shape index (κ1) is 19.2. The molecule has 2 rings (SSSR count). The summed E-state index contributed by atoms with van der Waals surface area (Å²) in [5, 5.41) is 16.3. The predicted octanol–water partition coefficient (Wildman–Crippen LogP) is 2.17. The van der Waals surface area contributed by atoms with Crippen LogP contribution in [0, 0.1) is 10.1 Å². The van der Waals surface area contributed by atoms with Gasteiger partial charge in [0.05, 0.1) is 18.0 Å². The van der Waals surface area contributed by atoms with E-state index in [2.05, 4.69) is 10.6 Å². The lowest BCUT2D eigenvalue weighted by atomic mass is 10.2. The van der Waals surface area contributed by atoms with Crippen molar-refractivity contribution < 1.29 is 19.2 Å². The van der Waals surface area contributed by atoms with Gasteiger partial charge in [0.25, 0.3) is 11.6 Å². The van der Waals surface area contributed by atoms with Gasteiger partial charge in [-0.1, -0.05) is 17.7 Å². The van der Waals surface area contributed by atoms with Gasteiger partial charge in [0, 0.05) is 22.7 Å². The third-order valence-electron chi connectivity index (χ3n) is 3.24. The highest BCUT2D eigenvalue weighted by Gasteiger charge is 2.12. The monoisotopic (exact) mass is 377 g/mol. The highest BCUT2D eigenvalue weighted by Crippen LogP contribution is 2.15. The fourth-order valence-corrected chi connectivity index (χ4v) is 2.10. The fourth-order valence-electron chi connectivity index (χ4n) is 1.98. The molecule has 0 saturated carbocycles. The molecule has 2 amide bonds. The van der Waals surface area contributed by atoms with Crippen molar-refractivity contribution in [2.75, 3.05) is 19.7 Å². The number of nitrogens with zero attached hydrogens (tertiary/aromatic N) is 1. The summed E-state index contributed by atoms with van der Waals surface area (Å²) in [5.74, 6) is -0.340. The molecule has 2 aromatic rings. The molecule has 8 nitrogen and oxygen atoms in total. The van der Waals surface area contributed by atoms with Gasteiger partial charge >= 0.3 is 0 Å². The van der Waals surface area contributed by atoms with Crippen molar-refractivity contribution >= 4 is 29.1 Å². The Hall–Kier alpha value is -3.13. The fraction of sp³-hybridized carbons (Fsp3) is 0.176. The van der Waals surface area contributed by atoms with E-state index in [-0.39, 0.29) is 30.9 Å². The Morgan fingerprint density at radius 2 is 1.85 bits per heavy atom. The molecular weight excluding hydrogens is 362 g/mol. The van der Waals surface area contributed by atoms with Crippen molar-refractivity contribution in [1.82, 2.24) is 10.6 Å². The van der Waals surface area contributed by atoms with E-state index >= 15 is 0 Å². The number of non-ortho nitro benzene ring substituents is 1. The molecule has 26 heavy (non-hydrogen) atoms. The lowest BCUT2D eigenvalue weighted by Crippen LogP contribution is -2.38. The van der Waals surface area contributed by atoms with Crippen LogP contribution in [0.2, 0.25) is 5.02 Å². The van der Waals surface area contributed by atoms with Gasteiger partial charge in [-0.2, -0.15) is 0 Å². The molecular formula is C17H16ClN3O5. The van der Waals surface area contributed by atoms with Crippen LogP contribution in [0.25, 0.3) is 0 Å². The predicted molar refractivity (Wildman–Crippen MR) is 95.4 cm³/mol. The Labute approximate surface area is 154 Å². The summed E-state index contributed by atoms with van der Waals surface area (Å²) in [6.45, 7) is 0.267. The maximum atomic E-state index is 11.9. The second-order valence-corrected chi connectivity index (χ2v) is 5.58. The lowest BCUT2D eigenvalue weighted by Gasteiger charge is -2.08. The topological polar surface area (TPSA) is 111 Å². The van der Waals surface area contributed by atoms with Crippen LogP contribution in [0.5, 0.6) is 5.75 Å². The lowest BCUT2D eigenvalue weighted by molar-refractivity contribution is -0.384. The van der Waals surface area contributed by atoms with Gasteiger partial charge in [-0.3, -0.25) is 19.7 Å². The van der Waals surface area contributed by atoms with Crippen LogP contribution in [0.3, 0.4) is 0 Å². The summed E-state index contributed by atoms with van der Waals surface area (Å²) in [5.41, 5.74) is -0.0838. The molecule has 0 heterocycles. The summed E-state index contributed by atoms with van der Waals surface area (Å²) in [4.78, 5) is 33.7. The van der Waals surface area contributed by atoms with Gasteiger partial charge in [-0.25, -0.2) is 0 Å². The molecule has 0 aromatic heterocycles. The van der Waals surface area contributed by atoms with Crippen molar-refractivity contribution in [2.45, 2.75) is 0 Å². The average Bonchev–Trinajstić information content (AvgIpc) is 2.64. The van der Waals surface area contributed by atoms with Crippen molar-refractivity contribution in [3.05, 3.63) is 69.2 Å². The zero-order chi connectivity index (χ0) is 18.9. The number of nitrogens with one attached hydrogen (secondary N) is 2. The Kier molecular flexibility index (Phi) is 6.92. The minimum Gasteiger partial charge on any atom is -0.492 e. The minimum atomic E-state index is -0.593. The quantitative estimate of drug-likeness (QED) is 0.416. The van der Waals surface area contributed by atoms with Gasteiger partial charge < -0.3 is 15.4 Å². The van der Waals surface area contributed by atoms with Crippen molar-refractivity contribution in [3.63, 3.8) is 0 Å². The molecule has 2 N–H and O–H groups in total. The molecule has 0 aliphatic carbocycles. The minimum absolute atomic E-state index is 0.109. The van der Waals surface area contributed by atoms with Crippen LogP contribution in [-0.2, 0) is 4.79 Å². The van der Waals surface area contributed by atoms with E-state index in [1.807, 2.05) is 0 Å². The normalized spacial score (nSPS) is 10.0. The zero-order valence-electron chi connectivity index (χ0n) is 13.6. The smallest absolute Gasteiger partial charge is 0.270 e. The Balaban J connectivity index is 1.69. The first-order valence-corrected chi connectivity index (χ1v) is 8.01. The zero-order valence-corrected chi connectivity index (χ0v) is 14.4. The third-order valence-corrected chi connectivity index (χ3v) is 3.49. The highest BCUT2D eigenvalue weighted by atomic mass is 35.5. The van der Waals surface area contributed by atoms with Gasteiger partial charge in [0.15, 0.2) is 0 Å². The number of hydrogen-bond donors (Lipinski definition) is 2. The Bertz CT molecular complexity index is 795. The molecule has 0 bridgehead atoms. The average molecular weight is 378 g/mol. The van der Waals surface area contributed by atoms with E-state index in [0.29, 0.717) is 10.8 Å². The van der Waals surface area contributed by atoms with E-state index < -0.39 is 16.7 Å². The molecule has 136 valence electrons. The Morgan fingerprint density at radius 3 is 2.54 bits per heavy atom. The van der Waals surface area contributed by atoms with Gasteiger partial charge in [0.1, 0.15) is 12.4 Å². The second-order valence-electron chi connectivity index (χ2n) is 5.14. The van der Waals surface area contributed by atoms with E-state index in [4.69, 9.17) is 16.3 Å². The van der Waals surface area contributed by atoms with Crippen LogP contribution < -0.4 is 15.4 Å². The summed E-state index contributed by atoms with van der Waals surface area (Å²) >= 11 is 5.76. The number of carbonyl (C=O) groups is 2. The molecule has 0 atom stereocenters. The van der Waals surface area contributed by atoms with Crippen molar-refractivity contribution in [1.29, 1.82) is 0 Å².